The third kappa shape index (κ3) is 5.01. The summed E-state index contributed by atoms with van der Waals surface area (Å²) in [6.07, 6.45) is 0.386. The Kier molecular flexibility index (Phi) is 6.68. The van der Waals surface area contributed by atoms with Crippen LogP contribution in [0.3, 0.4) is 0 Å². The quantitative estimate of drug-likeness (QED) is 0.649. The van der Waals surface area contributed by atoms with Crippen LogP contribution in [0.1, 0.15) is 17.2 Å². The lowest BCUT2D eigenvalue weighted by atomic mass is 10.0. The molecule has 1 atom stereocenters. The minimum atomic E-state index is 0.0550. The summed E-state index contributed by atoms with van der Waals surface area (Å²) in [4.78, 5) is 17.6. The van der Waals surface area contributed by atoms with Gasteiger partial charge in [-0.15, -0.1) is 0 Å². The number of halogens is 1. The molecule has 3 aromatic carbocycles. The average molecular weight is 422 g/mol. The highest BCUT2D eigenvalue weighted by Crippen LogP contribution is 2.24. The lowest BCUT2D eigenvalue weighted by molar-refractivity contribution is -0.120. The highest BCUT2D eigenvalue weighted by atomic mass is 35.5. The minimum absolute atomic E-state index is 0.0550. The van der Waals surface area contributed by atoms with Gasteiger partial charge in [0.2, 0.25) is 5.91 Å². The molecule has 4 rings (SSSR count). The van der Waals surface area contributed by atoms with Crippen molar-refractivity contribution in [2.75, 3.05) is 39.8 Å². The van der Waals surface area contributed by atoms with E-state index in [1.165, 1.54) is 10.9 Å². The molecule has 0 unspecified atom stereocenters. The van der Waals surface area contributed by atoms with Crippen LogP contribution in [0.5, 0.6) is 0 Å². The largest absolute Gasteiger partial charge is 0.354 e. The maximum Gasteiger partial charge on any atom is 0.224 e. The zero-order valence-corrected chi connectivity index (χ0v) is 18.1. The van der Waals surface area contributed by atoms with Crippen LogP contribution in [0.2, 0.25) is 5.02 Å². The van der Waals surface area contributed by atoms with Gasteiger partial charge in [-0.1, -0.05) is 66.2 Å². The lowest BCUT2D eigenvalue weighted by Gasteiger charge is -2.38. The molecule has 1 aliphatic rings. The van der Waals surface area contributed by atoms with Crippen molar-refractivity contribution in [2.24, 2.45) is 0 Å². The summed E-state index contributed by atoms with van der Waals surface area (Å²) in [6.45, 7) is 4.64. The molecule has 4 nitrogen and oxygen atoms in total. The summed E-state index contributed by atoms with van der Waals surface area (Å²) < 4.78 is 0. The molecule has 0 bridgehead atoms. The fraction of sp³-hybridized carbons (Fsp3) is 0.320. The Morgan fingerprint density at radius 3 is 2.43 bits per heavy atom. The number of likely N-dealkylation sites (N-methyl/N-ethyl adjacent to an activating group) is 1. The van der Waals surface area contributed by atoms with Gasteiger partial charge < -0.3 is 10.2 Å². The summed E-state index contributed by atoms with van der Waals surface area (Å²) in [7, 11) is 2.15. The van der Waals surface area contributed by atoms with Gasteiger partial charge in [0.25, 0.3) is 0 Å². The van der Waals surface area contributed by atoms with E-state index in [-0.39, 0.29) is 11.9 Å². The Hall–Kier alpha value is -2.40. The van der Waals surface area contributed by atoms with Crippen LogP contribution in [0.15, 0.2) is 66.7 Å². The van der Waals surface area contributed by atoms with Crippen molar-refractivity contribution in [3.05, 3.63) is 82.9 Å². The van der Waals surface area contributed by atoms with E-state index < -0.39 is 0 Å². The first-order chi connectivity index (χ1) is 14.6. The number of hydrogen-bond acceptors (Lipinski definition) is 3. The highest BCUT2D eigenvalue weighted by Gasteiger charge is 2.24. The standard InChI is InChI=1S/C25H28ClN3O/c1-28-13-15-29(16-14-28)24(20-9-11-22(26)12-10-20)18-27-25(30)17-21-7-4-6-19-5-2-3-8-23(19)21/h2-12,24H,13-18H2,1H3,(H,27,30)/t24-/m0/s1. The molecule has 1 saturated heterocycles. The third-order valence-corrected chi connectivity index (χ3v) is 6.21. The number of carbonyl (C=O) groups excluding carboxylic acids is 1. The maximum atomic E-state index is 12.8. The number of benzene rings is 3. The van der Waals surface area contributed by atoms with E-state index in [4.69, 9.17) is 11.6 Å². The predicted molar refractivity (Wildman–Crippen MR) is 124 cm³/mol. The van der Waals surface area contributed by atoms with Crippen LogP contribution in [0, 0.1) is 0 Å². The average Bonchev–Trinajstić information content (AvgIpc) is 2.76. The smallest absolute Gasteiger partial charge is 0.224 e. The monoisotopic (exact) mass is 421 g/mol. The first-order valence-electron chi connectivity index (χ1n) is 10.5. The molecule has 1 heterocycles. The van der Waals surface area contributed by atoms with Crippen molar-refractivity contribution in [3.63, 3.8) is 0 Å². The normalized spacial score (nSPS) is 16.5. The van der Waals surface area contributed by atoms with Crippen LogP contribution in [-0.4, -0.2) is 55.5 Å². The van der Waals surface area contributed by atoms with E-state index in [9.17, 15) is 4.79 Å². The number of nitrogens with one attached hydrogen (secondary N) is 1. The number of rotatable bonds is 6. The summed E-state index contributed by atoms with van der Waals surface area (Å²) in [5.41, 5.74) is 2.25. The highest BCUT2D eigenvalue weighted by molar-refractivity contribution is 6.30. The van der Waals surface area contributed by atoms with E-state index in [1.807, 2.05) is 36.4 Å². The molecular weight excluding hydrogens is 394 g/mol. The first-order valence-corrected chi connectivity index (χ1v) is 10.9. The summed E-state index contributed by atoms with van der Waals surface area (Å²) in [5, 5.41) is 6.23. The van der Waals surface area contributed by atoms with Gasteiger partial charge >= 0.3 is 0 Å². The fourth-order valence-corrected chi connectivity index (χ4v) is 4.29. The molecule has 1 amide bonds. The van der Waals surface area contributed by atoms with Gasteiger partial charge in [0.15, 0.2) is 0 Å². The second-order valence-electron chi connectivity index (χ2n) is 8.03. The summed E-state index contributed by atoms with van der Waals surface area (Å²) in [6, 6.07) is 22.5. The van der Waals surface area contributed by atoms with Gasteiger partial charge in [-0.25, -0.2) is 0 Å². The summed E-state index contributed by atoms with van der Waals surface area (Å²) in [5.74, 6) is 0.0550. The van der Waals surface area contributed by atoms with Gasteiger partial charge in [-0.3, -0.25) is 9.69 Å². The summed E-state index contributed by atoms with van der Waals surface area (Å²) >= 11 is 6.10. The molecule has 1 aliphatic heterocycles. The first kappa shape index (κ1) is 20.9. The number of nitrogens with zero attached hydrogens (tertiary/aromatic N) is 2. The zero-order chi connectivity index (χ0) is 20.9. The lowest BCUT2D eigenvalue weighted by Crippen LogP contribution is -2.48. The SMILES string of the molecule is CN1CCN([C@@H](CNC(=O)Cc2cccc3ccccc23)c2ccc(Cl)cc2)CC1. The molecule has 0 radical (unpaired) electrons. The molecule has 0 saturated carbocycles. The van der Waals surface area contributed by atoms with Crippen molar-refractivity contribution < 1.29 is 4.79 Å². The van der Waals surface area contributed by atoms with Gasteiger partial charge in [0.05, 0.1) is 12.5 Å². The molecule has 0 aliphatic carbocycles. The molecule has 156 valence electrons. The van der Waals surface area contributed by atoms with Gasteiger partial charge in [0, 0.05) is 37.7 Å². The molecule has 1 N–H and O–H groups in total. The van der Waals surface area contributed by atoms with E-state index in [1.54, 1.807) is 0 Å². The Morgan fingerprint density at radius 1 is 0.967 bits per heavy atom. The molecule has 0 spiro atoms. The fourth-order valence-electron chi connectivity index (χ4n) is 4.17. The van der Waals surface area contributed by atoms with E-state index >= 15 is 0 Å². The van der Waals surface area contributed by atoms with Crippen molar-refractivity contribution >= 4 is 28.3 Å². The van der Waals surface area contributed by atoms with E-state index in [2.05, 4.69) is 52.5 Å². The Balaban J connectivity index is 1.46. The molecular formula is C25H28ClN3O. The van der Waals surface area contributed by atoms with Crippen LogP contribution < -0.4 is 5.32 Å². The number of hydrogen-bond donors (Lipinski definition) is 1. The maximum absolute atomic E-state index is 12.8. The minimum Gasteiger partial charge on any atom is -0.354 e. The van der Waals surface area contributed by atoms with Crippen molar-refractivity contribution in [1.29, 1.82) is 0 Å². The van der Waals surface area contributed by atoms with E-state index in [0.717, 1.165) is 42.2 Å². The number of amides is 1. The van der Waals surface area contributed by atoms with Crippen molar-refractivity contribution in [1.82, 2.24) is 15.1 Å². The van der Waals surface area contributed by atoms with Crippen LogP contribution in [0.4, 0.5) is 0 Å². The number of fused-ring (bicyclic) bond motifs is 1. The van der Waals surface area contributed by atoms with Gasteiger partial charge in [-0.05, 0) is 41.1 Å². The molecule has 5 heteroatoms. The molecule has 3 aromatic rings. The third-order valence-electron chi connectivity index (χ3n) is 5.96. The van der Waals surface area contributed by atoms with Crippen molar-refractivity contribution in [3.8, 4) is 0 Å². The van der Waals surface area contributed by atoms with Gasteiger partial charge in [-0.2, -0.15) is 0 Å². The zero-order valence-electron chi connectivity index (χ0n) is 17.4. The van der Waals surface area contributed by atoms with Crippen LogP contribution in [-0.2, 0) is 11.2 Å². The predicted octanol–water partition coefficient (Wildman–Crippen LogP) is 4.14. The van der Waals surface area contributed by atoms with Crippen LogP contribution >= 0.6 is 11.6 Å². The van der Waals surface area contributed by atoms with Crippen LogP contribution in [0.25, 0.3) is 10.8 Å². The van der Waals surface area contributed by atoms with Crippen molar-refractivity contribution in [2.45, 2.75) is 12.5 Å². The Morgan fingerprint density at radius 2 is 1.67 bits per heavy atom. The number of piperazine rings is 1. The van der Waals surface area contributed by atoms with E-state index in [0.29, 0.717) is 13.0 Å². The van der Waals surface area contributed by atoms with Gasteiger partial charge in [0.1, 0.15) is 0 Å². The Bertz CT molecular complexity index is 991. The number of carbonyl (C=O) groups is 1. The second kappa shape index (κ2) is 9.61. The molecule has 1 fully saturated rings. The molecule has 30 heavy (non-hydrogen) atoms. The topological polar surface area (TPSA) is 35.6 Å². The molecule has 0 aromatic heterocycles. The second-order valence-corrected chi connectivity index (χ2v) is 8.46. The Labute approximate surface area is 183 Å².